The summed E-state index contributed by atoms with van der Waals surface area (Å²) in [5.41, 5.74) is 3.51. The fourth-order valence-corrected chi connectivity index (χ4v) is 5.88. The number of nitrogens with one attached hydrogen (secondary N) is 1. The molecule has 1 fully saturated rings. The molecule has 1 aliphatic heterocycles. The summed E-state index contributed by atoms with van der Waals surface area (Å²) in [7, 11) is -3.61. The number of carbonyl (C=O) groups excluding carboxylic acids is 1. The Morgan fingerprint density at radius 1 is 1.16 bits per heavy atom. The molecule has 1 saturated heterocycles. The molecule has 4 rings (SSSR count). The number of rotatable bonds is 5. The summed E-state index contributed by atoms with van der Waals surface area (Å²) in [6.07, 6.45) is 1.32. The number of anilines is 1. The lowest BCUT2D eigenvalue weighted by molar-refractivity contribution is -0.120. The van der Waals surface area contributed by atoms with Gasteiger partial charge < -0.3 is 5.32 Å². The summed E-state index contributed by atoms with van der Waals surface area (Å²) in [6, 6.07) is 14.4. The first-order chi connectivity index (χ1) is 14.8. The number of hydrogen-bond acceptors (Lipinski definition) is 5. The second kappa shape index (κ2) is 8.90. The van der Waals surface area contributed by atoms with Gasteiger partial charge in [0.25, 0.3) is 0 Å². The molecule has 0 radical (unpaired) electrons. The Balaban J connectivity index is 1.46. The number of amides is 1. The SMILES string of the molecule is Cc1ccc(S(=O)(=O)N2CCC[C@@H](C(=O)Nc3cccc(-c4csc(C)n4)c3)C2)cc1. The van der Waals surface area contributed by atoms with Crippen molar-refractivity contribution >= 4 is 33.0 Å². The van der Waals surface area contributed by atoms with Crippen LogP contribution in [0.4, 0.5) is 5.69 Å². The molecule has 2 heterocycles. The molecular formula is C23H25N3O3S2. The molecule has 1 atom stereocenters. The highest BCUT2D eigenvalue weighted by molar-refractivity contribution is 7.89. The Hall–Kier alpha value is -2.55. The van der Waals surface area contributed by atoms with Crippen molar-refractivity contribution < 1.29 is 13.2 Å². The lowest BCUT2D eigenvalue weighted by Gasteiger charge is -2.31. The number of hydrogen-bond donors (Lipinski definition) is 1. The molecule has 0 saturated carbocycles. The number of carbonyl (C=O) groups is 1. The molecule has 8 heteroatoms. The van der Waals surface area contributed by atoms with E-state index >= 15 is 0 Å². The summed E-state index contributed by atoms with van der Waals surface area (Å²) < 4.78 is 27.5. The van der Waals surface area contributed by atoms with Crippen LogP contribution in [-0.2, 0) is 14.8 Å². The second-order valence-corrected chi connectivity index (χ2v) is 10.8. The first-order valence-corrected chi connectivity index (χ1v) is 12.5. The van der Waals surface area contributed by atoms with Crippen LogP contribution in [0, 0.1) is 19.8 Å². The van der Waals surface area contributed by atoms with Gasteiger partial charge in [0, 0.05) is 29.7 Å². The standard InChI is InChI=1S/C23H25N3O3S2/c1-16-8-10-21(11-9-16)31(28,29)26-12-4-6-19(14-26)23(27)25-20-7-3-5-18(13-20)22-15-30-17(2)24-22/h3,5,7-11,13,15,19H,4,6,12,14H2,1-2H3,(H,25,27)/t19-/m1/s1. The Labute approximate surface area is 187 Å². The maximum Gasteiger partial charge on any atom is 0.243 e. The largest absolute Gasteiger partial charge is 0.326 e. The highest BCUT2D eigenvalue weighted by atomic mass is 32.2. The third-order valence-corrected chi connectivity index (χ3v) is 8.11. The van der Waals surface area contributed by atoms with Gasteiger partial charge in [-0.2, -0.15) is 4.31 Å². The third-order valence-electron chi connectivity index (χ3n) is 5.46. The number of nitrogens with zero attached hydrogens (tertiary/aromatic N) is 2. The number of piperidine rings is 1. The van der Waals surface area contributed by atoms with E-state index in [0.29, 0.717) is 25.1 Å². The Kier molecular flexibility index (Phi) is 6.22. The molecule has 1 aliphatic rings. The minimum Gasteiger partial charge on any atom is -0.326 e. The van der Waals surface area contributed by atoms with Gasteiger partial charge in [0.1, 0.15) is 0 Å². The highest BCUT2D eigenvalue weighted by Crippen LogP contribution is 2.27. The van der Waals surface area contributed by atoms with E-state index in [2.05, 4.69) is 10.3 Å². The van der Waals surface area contributed by atoms with E-state index in [0.717, 1.165) is 21.8 Å². The van der Waals surface area contributed by atoms with Crippen molar-refractivity contribution in [2.45, 2.75) is 31.6 Å². The summed E-state index contributed by atoms with van der Waals surface area (Å²) in [5.74, 6) is -0.547. The molecule has 1 amide bonds. The zero-order valence-corrected chi connectivity index (χ0v) is 19.2. The van der Waals surface area contributed by atoms with Gasteiger partial charge in [-0.3, -0.25) is 4.79 Å². The molecule has 1 aromatic heterocycles. The molecule has 0 bridgehead atoms. The van der Waals surface area contributed by atoms with Crippen LogP contribution >= 0.6 is 11.3 Å². The maximum atomic E-state index is 13.0. The smallest absolute Gasteiger partial charge is 0.243 e. The number of aryl methyl sites for hydroxylation is 2. The minimum atomic E-state index is -3.61. The predicted octanol–water partition coefficient (Wildman–Crippen LogP) is 4.47. The van der Waals surface area contributed by atoms with Gasteiger partial charge in [-0.05, 0) is 51.0 Å². The zero-order chi connectivity index (χ0) is 22.0. The van der Waals surface area contributed by atoms with Crippen LogP contribution in [0.5, 0.6) is 0 Å². The summed E-state index contributed by atoms with van der Waals surface area (Å²) in [5, 5.41) is 5.94. The average molecular weight is 456 g/mol. The van der Waals surface area contributed by atoms with Gasteiger partial charge in [-0.25, -0.2) is 13.4 Å². The second-order valence-electron chi connectivity index (χ2n) is 7.84. The van der Waals surface area contributed by atoms with Gasteiger partial charge in [0.05, 0.1) is 21.5 Å². The monoisotopic (exact) mass is 455 g/mol. The van der Waals surface area contributed by atoms with E-state index in [1.165, 1.54) is 4.31 Å². The topological polar surface area (TPSA) is 79.4 Å². The first-order valence-electron chi connectivity index (χ1n) is 10.2. The van der Waals surface area contributed by atoms with Crippen LogP contribution in [0.25, 0.3) is 11.3 Å². The van der Waals surface area contributed by atoms with E-state index in [1.54, 1.807) is 35.6 Å². The van der Waals surface area contributed by atoms with Crippen LogP contribution < -0.4 is 5.32 Å². The van der Waals surface area contributed by atoms with E-state index in [4.69, 9.17) is 0 Å². The Bertz CT molecular complexity index is 1190. The van der Waals surface area contributed by atoms with Crippen molar-refractivity contribution in [1.82, 2.24) is 9.29 Å². The van der Waals surface area contributed by atoms with Crippen LogP contribution in [0.15, 0.2) is 58.8 Å². The van der Waals surface area contributed by atoms with Crippen molar-refractivity contribution in [1.29, 1.82) is 0 Å². The fourth-order valence-electron chi connectivity index (χ4n) is 3.73. The molecule has 0 aliphatic carbocycles. The van der Waals surface area contributed by atoms with Gasteiger partial charge in [0.15, 0.2) is 0 Å². The number of aromatic nitrogens is 1. The minimum absolute atomic E-state index is 0.157. The lowest BCUT2D eigenvalue weighted by atomic mass is 9.98. The molecule has 162 valence electrons. The van der Waals surface area contributed by atoms with Crippen LogP contribution in [0.3, 0.4) is 0 Å². The average Bonchev–Trinajstić information content (AvgIpc) is 3.21. The molecule has 0 unspecified atom stereocenters. The van der Waals surface area contributed by atoms with Gasteiger partial charge in [0.2, 0.25) is 15.9 Å². The van der Waals surface area contributed by atoms with E-state index in [9.17, 15) is 13.2 Å². The Morgan fingerprint density at radius 2 is 1.94 bits per heavy atom. The van der Waals surface area contributed by atoms with Gasteiger partial charge in [-0.15, -0.1) is 11.3 Å². The predicted molar refractivity (Wildman–Crippen MR) is 124 cm³/mol. The van der Waals surface area contributed by atoms with E-state index in [-0.39, 0.29) is 23.3 Å². The molecule has 31 heavy (non-hydrogen) atoms. The fraction of sp³-hybridized carbons (Fsp3) is 0.304. The summed E-state index contributed by atoms with van der Waals surface area (Å²) >= 11 is 1.58. The van der Waals surface area contributed by atoms with Crippen molar-refractivity contribution in [2.24, 2.45) is 5.92 Å². The number of sulfonamides is 1. The molecule has 1 N–H and O–H groups in total. The molecule has 0 spiro atoms. The quantitative estimate of drug-likeness (QED) is 0.616. The maximum absolute atomic E-state index is 13.0. The number of benzene rings is 2. The van der Waals surface area contributed by atoms with Gasteiger partial charge in [-0.1, -0.05) is 29.8 Å². The summed E-state index contributed by atoms with van der Waals surface area (Å²) in [6.45, 7) is 4.49. The molecule has 3 aromatic rings. The van der Waals surface area contributed by atoms with Crippen LogP contribution in [0.1, 0.15) is 23.4 Å². The molecular weight excluding hydrogens is 430 g/mol. The Morgan fingerprint density at radius 3 is 2.65 bits per heavy atom. The van der Waals surface area contributed by atoms with Crippen LogP contribution in [-0.4, -0.2) is 36.7 Å². The highest BCUT2D eigenvalue weighted by Gasteiger charge is 2.33. The molecule has 6 nitrogen and oxygen atoms in total. The van der Waals surface area contributed by atoms with E-state index in [1.807, 2.05) is 43.5 Å². The number of thiazole rings is 1. The summed E-state index contributed by atoms with van der Waals surface area (Å²) in [4.78, 5) is 17.7. The normalized spacial score (nSPS) is 17.4. The third kappa shape index (κ3) is 4.87. The van der Waals surface area contributed by atoms with Gasteiger partial charge >= 0.3 is 0 Å². The lowest BCUT2D eigenvalue weighted by Crippen LogP contribution is -2.43. The zero-order valence-electron chi connectivity index (χ0n) is 17.5. The first kappa shape index (κ1) is 21.7. The van der Waals surface area contributed by atoms with Crippen LogP contribution in [0.2, 0.25) is 0 Å². The van der Waals surface area contributed by atoms with Crippen molar-refractivity contribution in [3.05, 3.63) is 64.5 Å². The van der Waals surface area contributed by atoms with Crippen molar-refractivity contribution in [3.8, 4) is 11.3 Å². The van der Waals surface area contributed by atoms with Crippen molar-refractivity contribution in [3.63, 3.8) is 0 Å². The van der Waals surface area contributed by atoms with Crippen molar-refractivity contribution in [2.75, 3.05) is 18.4 Å². The molecule has 2 aromatic carbocycles. The van der Waals surface area contributed by atoms with E-state index < -0.39 is 10.0 Å².